The fourth-order valence-electron chi connectivity index (χ4n) is 4.11. The molecule has 0 amide bonds. The summed E-state index contributed by atoms with van der Waals surface area (Å²) in [5.41, 5.74) is 6.62. The number of anilines is 3. The van der Waals surface area contributed by atoms with E-state index in [1.807, 2.05) is 4.90 Å². The molecule has 2 aromatic heterocycles. The van der Waals surface area contributed by atoms with Crippen LogP contribution in [0.15, 0.2) is 6.20 Å². The van der Waals surface area contributed by atoms with E-state index in [-0.39, 0.29) is 17.6 Å². The Morgan fingerprint density at radius 1 is 1.07 bits per heavy atom. The van der Waals surface area contributed by atoms with Crippen LogP contribution in [0.2, 0.25) is 0 Å². The number of halogens is 2. The summed E-state index contributed by atoms with van der Waals surface area (Å²) in [5.74, 6) is 1.10. The lowest BCUT2D eigenvalue weighted by atomic mass is 10.0. The molecule has 0 aromatic carbocycles. The highest BCUT2D eigenvalue weighted by molar-refractivity contribution is 5.75. The van der Waals surface area contributed by atoms with Crippen LogP contribution in [-0.2, 0) is 15.9 Å². The normalized spacial score (nSPS) is 21.4. The minimum absolute atomic E-state index is 0.122. The average molecular weight is 405 g/mol. The fourth-order valence-corrected chi connectivity index (χ4v) is 4.11. The summed E-state index contributed by atoms with van der Waals surface area (Å²) in [5, 5.41) is 0. The van der Waals surface area contributed by atoms with Gasteiger partial charge in [0.1, 0.15) is 11.5 Å². The molecule has 11 heteroatoms. The molecule has 2 aromatic rings. The van der Waals surface area contributed by atoms with E-state index in [1.165, 1.54) is 6.20 Å². The van der Waals surface area contributed by atoms with E-state index < -0.39 is 12.1 Å². The Morgan fingerprint density at radius 2 is 1.86 bits per heavy atom. The second-order valence-corrected chi connectivity index (χ2v) is 7.23. The Morgan fingerprint density at radius 3 is 2.66 bits per heavy atom. The van der Waals surface area contributed by atoms with Crippen molar-refractivity contribution >= 4 is 17.7 Å². The third kappa shape index (κ3) is 3.23. The Kier molecular flexibility index (Phi) is 4.63. The number of hydrogen-bond donors (Lipinski definition) is 1. The van der Waals surface area contributed by atoms with Crippen molar-refractivity contribution < 1.29 is 18.3 Å². The summed E-state index contributed by atoms with van der Waals surface area (Å²) in [7, 11) is 0. The van der Waals surface area contributed by atoms with Crippen LogP contribution in [0, 0.1) is 0 Å². The van der Waals surface area contributed by atoms with Crippen LogP contribution in [0.4, 0.5) is 26.5 Å². The molecule has 0 aliphatic carbocycles. The first-order valence-corrected chi connectivity index (χ1v) is 9.60. The third-order valence-electron chi connectivity index (χ3n) is 5.51. The third-order valence-corrected chi connectivity index (χ3v) is 5.51. The minimum Gasteiger partial charge on any atom is -0.378 e. The Bertz CT molecular complexity index is 923. The number of fused-ring (bicyclic) bond motifs is 3. The zero-order chi connectivity index (χ0) is 20.0. The van der Waals surface area contributed by atoms with Crippen LogP contribution >= 0.6 is 0 Å². The molecule has 29 heavy (non-hydrogen) atoms. The molecule has 5 rings (SSSR count). The van der Waals surface area contributed by atoms with Gasteiger partial charge in [-0.2, -0.15) is 4.98 Å². The number of nitrogens with two attached hydrogens (primary N) is 1. The first-order valence-electron chi connectivity index (χ1n) is 9.60. The highest BCUT2D eigenvalue weighted by Gasteiger charge is 2.37. The largest absolute Gasteiger partial charge is 0.378 e. The molecule has 3 aliphatic heterocycles. The van der Waals surface area contributed by atoms with Crippen molar-refractivity contribution in [2.75, 3.05) is 61.6 Å². The molecule has 2 fully saturated rings. The lowest BCUT2D eigenvalue weighted by molar-refractivity contribution is 0.0974. The molecule has 154 valence electrons. The molecule has 1 unspecified atom stereocenters. The van der Waals surface area contributed by atoms with Crippen molar-refractivity contribution in [3.63, 3.8) is 0 Å². The van der Waals surface area contributed by atoms with Crippen LogP contribution in [0.25, 0.3) is 11.3 Å². The highest BCUT2D eigenvalue weighted by Crippen LogP contribution is 2.41. The maximum Gasteiger partial charge on any atom is 0.281 e. The predicted molar refractivity (Wildman–Crippen MR) is 101 cm³/mol. The second kappa shape index (κ2) is 7.30. The first kappa shape index (κ1) is 18.4. The van der Waals surface area contributed by atoms with Gasteiger partial charge in [0, 0.05) is 43.4 Å². The standard InChI is InChI=1S/C18H21F2N7O2/c19-15(20)14-12(8-22-17(21)23-14)13-11-7-10-9-29-6-3-27(10)16(11)25-18(24-13)26-1-4-28-5-2-26/h8,10,15H,1-7,9H2,(H2,21,22,23). The van der Waals surface area contributed by atoms with Crippen molar-refractivity contribution in [3.8, 4) is 11.3 Å². The number of ether oxygens (including phenoxy) is 2. The van der Waals surface area contributed by atoms with Gasteiger partial charge >= 0.3 is 0 Å². The average Bonchev–Trinajstić information content (AvgIpc) is 3.12. The number of alkyl halides is 2. The molecule has 5 heterocycles. The molecular weight excluding hydrogens is 384 g/mol. The van der Waals surface area contributed by atoms with E-state index in [9.17, 15) is 8.78 Å². The summed E-state index contributed by atoms with van der Waals surface area (Å²) in [6.07, 6.45) is -0.829. The van der Waals surface area contributed by atoms with Gasteiger partial charge in [-0.3, -0.25) is 0 Å². The van der Waals surface area contributed by atoms with E-state index >= 15 is 0 Å². The summed E-state index contributed by atoms with van der Waals surface area (Å²) < 4.78 is 38.5. The molecule has 0 spiro atoms. The monoisotopic (exact) mass is 405 g/mol. The number of nitrogen functional groups attached to an aromatic ring is 1. The first-order chi connectivity index (χ1) is 14.1. The van der Waals surface area contributed by atoms with Crippen molar-refractivity contribution in [1.29, 1.82) is 0 Å². The summed E-state index contributed by atoms with van der Waals surface area (Å²) in [4.78, 5) is 21.5. The number of nitrogens with zero attached hydrogens (tertiary/aromatic N) is 6. The smallest absolute Gasteiger partial charge is 0.281 e. The van der Waals surface area contributed by atoms with Crippen LogP contribution in [0.5, 0.6) is 0 Å². The highest BCUT2D eigenvalue weighted by atomic mass is 19.3. The second-order valence-electron chi connectivity index (χ2n) is 7.23. The van der Waals surface area contributed by atoms with Crippen LogP contribution in [0.1, 0.15) is 17.7 Å². The zero-order valence-electron chi connectivity index (χ0n) is 15.7. The van der Waals surface area contributed by atoms with Crippen molar-refractivity contribution in [1.82, 2.24) is 19.9 Å². The van der Waals surface area contributed by atoms with Gasteiger partial charge in [-0.05, 0) is 0 Å². The zero-order valence-corrected chi connectivity index (χ0v) is 15.7. The molecule has 3 aliphatic rings. The Labute approximate surface area is 165 Å². The van der Waals surface area contributed by atoms with Gasteiger partial charge in [0.05, 0.1) is 38.2 Å². The quantitative estimate of drug-likeness (QED) is 0.803. The molecule has 0 radical (unpaired) electrons. The maximum atomic E-state index is 13.7. The van der Waals surface area contributed by atoms with Gasteiger partial charge in [0.2, 0.25) is 11.9 Å². The van der Waals surface area contributed by atoms with Crippen LogP contribution in [-0.4, -0.2) is 72.0 Å². The lowest BCUT2D eigenvalue weighted by Gasteiger charge is -2.32. The Hall–Kier alpha value is -2.66. The summed E-state index contributed by atoms with van der Waals surface area (Å²) >= 11 is 0. The molecule has 1 atom stereocenters. The van der Waals surface area contributed by atoms with Gasteiger partial charge in [0.15, 0.2) is 0 Å². The van der Waals surface area contributed by atoms with Gasteiger partial charge in [-0.15, -0.1) is 0 Å². The van der Waals surface area contributed by atoms with Crippen molar-refractivity contribution in [2.45, 2.75) is 18.9 Å². The van der Waals surface area contributed by atoms with Crippen molar-refractivity contribution in [2.24, 2.45) is 0 Å². The number of rotatable bonds is 3. The van der Waals surface area contributed by atoms with E-state index in [0.717, 1.165) is 11.4 Å². The summed E-state index contributed by atoms with van der Waals surface area (Å²) in [6.45, 7) is 4.32. The molecule has 0 saturated carbocycles. The predicted octanol–water partition coefficient (Wildman–Crippen LogP) is 1.05. The van der Waals surface area contributed by atoms with E-state index in [1.54, 1.807) is 0 Å². The molecule has 9 nitrogen and oxygen atoms in total. The molecule has 2 saturated heterocycles. The SMILES string of the molecule is Nc1ncc(-c2nc(N3CCOCC3)nc3c2CC2COCCN32)c(C(F)F)n1. The van der Waals surface area contributed by atoms with Gasteiger partial charge in [0.25, 0.3) is 6.43 Å². The molecular formula is C18H21F2N7O2. The van der Waals surface area contributed by atoms with Crippen molar-refractivity contribution in [3.05, 3.63) is 17.5 Å². The summed E-state index contributed by atoms with van der Waals surface area (Å²) in [6, 6.07) is 0.122. The van der Waals surface area contributed by atoms with Gasteiger partial charge in [-0.1, -0.05) is 0 Å². The van der Waals surface area contributed by atoms with E-state index in [0.29, 0.717) is 64.1 Å². The van der Waals surface area contributed by atoms with E-state index in [2.05, 4.69) is 14.9 Å². The molecule has 0 bridgehead atoms. The van der Waals surface area contributed by atoms with Gasteiger partial charge < -0.3 is 25.0 Å². The van der Waals surface area contributed by atoms with Gasteiger partial charge in [-0.25, -0.2) is 23.7 Å². The fraction of sp³-hybridized carbons (Fsp3) is 0.556. The topological polar surface area (TPSA) is 103 Å². The number of aromatic nitrogens is 4. The van der Waals surface area contributed by atoms with Crippen LogP contribution < -0.4 is 15.5 Å². The lowest BCUT2D eigenvalue weighted by Crippen LogP contribution is -2.43. The number of hydrogen-bond acceptors (Lipinski definition) is 9. The molecule has 2 N–H and O–H groups in total. The Balaban J connectivity index is 1.68. The van der Waals surface area contributed by atoms with Crippen LogP contribution in [0.3, 0.4) is 0 Å². The van der Waals surface area contributed by atoms with E-state index in [4.69, 9.17) is 25.2 Å². The maximum absolute atomic E-state index is 13.7. The minimum atomic E-state index is -2.79. The number of morpholine rings is 2.